The summed E-state index contributed by atoms with van der Waals surface area (Å²) in [6, 6.07) is 0. The first kappa shape index (κ1) is 28.4. The van der Waals surface area contributed by atoms with Gasteiger partial charge < -0.3 is 15.3 Å². The Bertz CT molecular complexity index is 820. The molecule has 5 aliphatic carbocycles. The van der Waals surface area contributed by atoms with E-state index in [2.05, 4.69) is 48.5 Å². The molecule has 0 spiro atoms. The maximum atomic E-state index is 12.5. The molecule has 0 aromatic rings. The summed E-state index contributed by atoms with van der Waals surface area (Å²) >= 11 is 0. The SMILES string of the molecule is CCC1CC(C2CCCCC2)C2CC3(C)CC4(C)CC(C)C(C(C)O)C(O)C4(C)C(C)C3C(O)C2C1C. The molecule has 37 heavy (non-hydrogen) atoms. The van der Waals surface area contributed by atoms with Crippen LogP contribution in [-0.4, -0.2) is 33.6 Å². The van der Waals surface area contributed by atoms with Gasteiger partial charge in [-0.05, 0) is 96.7 Å². The van der Waals surface area contributed by atoms with Crippen molar-refractivity contribution < 1.29 is 15.3 Å². The molecule has 5 saturated carbocycles. The summed E-state index contributed by atoms with van der Waals surface area (Å²) in [6.45, 7) is 18.6. The summed E-state index contributed by atoms with van der Waals surface area (Å²) in [5.74, 6) is 4.64. The highest BCUT2D eigenvalue weighted by molar-refractivity contribution is 5.19. The lowest BCUT2D eigenvalue weighted by Gasteiger charge is -2.72. The predicted molar refractivity (Wildman–Crippen MR) is 152 cm³/mol. The minimum absolute atomic E-state index is 0.0149. The van der Waals surface area contributed by atoms with Crippen molar-refractivity contribution in [1.82, 2.24) is 0 Å². The molecule has 3 N–H and O–H groups in total. The van der Waals surface area contributed by atoms with E-state index < -0.39 is 12.2 Å². The molecule has 3 nitrogen and oxygen atoms in total. The Balaban J connectivity index is 1.55. The highest BCUT2D eigenvalue weighted by Crippen LogP contribution is 2.73. The summed E-state index contributed by atoms with van der Waals surface area (Å²) in [7, 11) is 0. The molecule has 0 heterocycles. The Kier molecular flexibility index (Phi) is 7.49. The van der Waals surface area contributed by atoms with Crippen LogP contribution in [0.3, 0.4) is 0 Å². The average molecular weight is 517 g/mol. The summed E-state index contributed by atoms with van der Waals surface area (Å²) < 4.78 is 0. The lowest BCUT2D eigenvalue weighted by molar-refractivity contribution is -0.282. The second kappa shape index (κ2) is 9.76. The molecule has 5 fully saturated rings. The Morgan fingerprint density at radius 1 is 0.919 bits per heavy atom. The summed E-state index contributed by atoms with van der Waals surface area (Å²) in [6.07, 6.45) is 11.8. The van der Waals surface area contributed by atoms with E-state index in [1.165, 1.54) is 51.4 Å². The fourth-order valence-electron chi connectivity index (χ4n) is 12.9. The van der Waals surface area contributed by atoms with Crippen LogP contribution in [-0.2, 0) is 0 Å². The van der Waals surface area contributed by atoms with E-state index in [1.54, 1.807) is 0 Å². The van der Waals surface area contributed by atoms with Gasteiger partial charge in [-0.3, -0.25) is 0 Å². The van der Waals surface area contributed by atoms with Crippen LogP contribution in [0.2, 0.25) is 0 Å². The molecule has 15 unspecified atom stereocenters. The highest BCUT2D eigenvalue weighted by Gasteiger charge is 2.70. The van der Waals surface area contributed by atoms with Crippen molar-refractivity contribution >= 4 is 0 Å². The molecule has 0 radical (unpaired) electrons. The van der Waals surface area contributed by atoms with Crippen molar-refractivity contribution in [3.8, 4) is 0 Å². The minimum Gasteiger partial charge on any atom is -0.393 e. The molecular formula is C34H60O3. The molecule has 0 aliphatic heterocycles. The topological polar surface area (TPSA) is 60.7 Å². The van der Waals surface area contributed by atoms with Crippen LogP contribution < -0.4 is 0 Å². The average Bonchev–Trinajstić information content (AvgIpc) is 2.81. The van der Waals surface area contributed by atoms with Crippen molar-refractivity contribution in [2.45, 2.75) is 138 Å². The maximum absolute atomic E-state index is 12.5. The van der Waals surface area contributed by atoms with Gasteiger partial charge in [0, 0.05) is 11.3 Å². The molecule has 0 bridgehead atoms. The first-order chi connectivity index (χ1) is 17.3. The Hall–Kier alpha value is -0.120. The number of hydrogen-bond acceptors (Lipinski definition) is 3. The van der Waals surface area contributed by atoms with E-state index in [4.69, 9.17) is 0 Å². The molecule has 5 aliphatic rings. The fraction of sp³-hybridized carbons (Fsp3) is 1.00. The quantitative estimate of drug-likeness (QED) is 0.368. The summed E-state index contributed by atoms with van der Waals surface area (Å²) in [5, 5.41) is 35.2. The Morgan fingerprint density at radius 2 is 1.57 bits per heavy atom. The lowest BCUT2D eigenvalue weighted by atomic mass is 9.33. The number of aliphatic hydroxyl groups is 3. The standard InChI is InChI=1S/C34H60O3/c1-9-23-15-25(24-13-11-10-12-14-24)26-17-32(6)18-33(7)16-19(2)27(22(5)35)31(37)34(33,8)21(4)29(32)30(36)28(26)20(23)3/h19-31,35-37H,9-18H2,1-8H3. The van der Waals surface area contributed by atoms with Crippen LogP contribution >= 0.6 is 0 Å². The Labute approximate surface area is 228 Å². The summed E-state index contributed by atoms with van der Waals surface area (Å²) in [4.78, 5) is 0. The van der Waals surface area contributed by atoms with Crippen molar-refractivity contribution in [2.24, 2.45) is 75.4 Å². The minimum atomic E-state index is -0.534. The normalized spacial score (nSPS) is 57.6. The Morgan fingerprint density at radius 3 is 2.16 bits per heavy atom. The molecule has 214 valence electrons. The van der Waals surface area contributed by atoms with Crippen molar-refractivity contribution in [2.75, 3.05) is 0 Å². The smallest absolute Gasteiger partial charge is 0.0656 e. The third-order valence-corrected chi connectivity index (χ3v) is 14.6. The molecule has 5 rings (SSSR count). The van der Waals surface area contributed by atoms with Gasteiger partial charge in [0.15, 0.2) is 0 Å². The van der Waals surface area contributed by atoms with Crippen molar-refractivity contribution in [3.05, 3.63) is 0 Å². The lowest BCUT2D eigenvalue weighted by Crippen LogP contribution is -2.70. The zero-order valence-corrected chi connectivity index (χ0v) is 25.4. The van der Waals surface area contributed by atoms with Crippen LogP contribution in [0.1, 0.15) is 120 Å². The van der Waals surface area contributed by atoms with E-state index in [9.17, 15) is 15.3 Å². The van der Waals surface area contributed by atoms with Crippen LogP contribution in [0.5, 0.6) is 0 Å². The maximum Gasteiger partial charge on any atom is 0.0656 e. The largest absolute Gasteiger partial charge is 0.393 e. The molecule has 15 atom stereocenters. The number of fused-ring (bicyclic) bond motifs is 3. The van der Waals surface area contributed by atoms with Gasteiger partial charge in [-0.25, -0.2) is 0 Å². The molecule has 0 amide bonds. The first-order valence-corrected chi connectivity index (χ1v) is 16.3. The van der Waals surface area contributed by atoms with Crippen LogP contribution in [0.4, 0.5) is 0 Å². The zero-order valence-electron chi connectivity index (χ0n) is 25.4. The summed E-state index contributed by atoms with van der Waals surface area (Å²) in [5.41, 5.74) is -0.179. The van der Waals surface area contributed by atoms with Gasteiger partial charge in [-0.2, -0.15) is 0 Å². The van der Waals surface area contributed by atoms with Crippen LogP contribution in [0.25, 0.3) is 0 Å². The highest BCUT2D eigenvalue weighted by atomic mass is 16.3. The van der Waals surface area contributed by atoms with E-state index in [-0.39, 0.29) is 40.1 Å². The van der Waals surface area contributed by atoms with Gasteiger partial charge in [0.05, 0.1) is 18.3 Å². The predicted octanol–water partition coefficient (Wildman–Crippen LogP) is 7.32. The molecular weight excluding hydrogens is 456 g/mol. The zero-order chi connectivity index (χ0) is 27.1. The van der Waals surface area contributed by atoms with E-state index in [0.29, 0.717) is 23.7 Å². The third kappa shape index (κ3) is 4.05. The van der Waals surface area contributed by atoms with Gasteiger partial charge in [0.1, 0.15) is 0 Å². The number of rotatable bonds is 3. The third-order valence-electron chi connectivity index (χ3n) is 14.6. The second-order valence-corrected chi connectivity index (χ2v) is 16.2. The van der Waals surface area contributed by atoms with Crippen molar-refractivity contribution in [1.29, 1.82) is 0 Å². The monoisotopic (exact) mass is 516 g/mol. The fourth-order valence-corrected chi connectivity index (χ4v) is 12.9. The molecule has 0 aromatic carbocycles. The van der Waals surface area contributed by atoms with E-state index >= 15 is 0 Å². The molecule has 3 heteroatoms. The van der Waals surface area contributed by atoms with Crippen molar-refractivity contribution in [3.63, 3.8) is 0 Å². The van der Waals surface area contributed by atoms with Gasteiger partial charge in [0.25, 0.3) is 0 Å². The molecule has 0 saturated heterocycles. The van der Waals surface area contributed by atoms with Gasteiger partial charge in [0.2, 0.25) is 0 Å². The van der Waals surface area contributed by atoms with Gasteiger partial charge in [-0.1, -0.05) is 87.0 Å². The van der Waals surface area contributed by atoms with Crippen LogP contribution in [0, 0.1) is 75.4 Å². The van der Waals surface area contributed by atoms with Gasteiger partial charge >= 0.3 is 0 Å². The second-order valence-electron chi connectivity index (χ2n) is 16.2. The van der Waals surface area contributed by atoms with Crippen LogP contribution in [0.15, 0.2) is 0 Å². The first-order valence-electron chi connectivity index (χ1n) is 16.3. The molecule has 0 aromatic heterocycles. The van der Waals surface area contributed by atoms with E-state index in [1.807, 2.05) is 6.92 Å². The number of aliphatic hydroxyl groups excluding tert-OH is 3. The number of hydrogen-bond donors (Lipinski definition) is 3. The van der Waals surface area contributed by atoms with Gasteiger partial charge in [-0.15, -0.1) is 0 Å². The van der Waals surface area contributed by atoms with E-state index in [0.717, 1.165) is 30.6 Å².